The predicted molar refractivity (Wildman–Crippen MR) is 116 cm³/mol. The van der Waals surface area contributed by atoms with Crippen molar-refractivity contribution in [2.45, 2.75) is 49.8 Å². The van der Waals surface area contributed by atoms with Crippen LogP contribution in [0.5, 0.6) is 0 Å². The Morgan fingerprint density at radius 1 is 1.23 bits per heavy atom. The number of aromatic nitrogens is 1. The molecule has 1 aliphatic carbocycles. The molecule has 1 N–H and O–H groups in total. The molecule has 0 saturated heterocycles. The SMILES string of the molecule is CCOC(=O)c1csc(NC(=O)C(CC2CCCC2)c2ccc(S(C)(=O)=O)cc2)n1. The third-order valence-corrected chi connectivity index (χ3v) is 7.18. The Balaban J connectivity index is 1.79. The zero-order valence-corrected chi connectivity index (χ0v) is 18.7. The van der Waals surface area contributed by atoms with Crippen molar-refractivity contribution < 1.29 is 22.7 Å². The maximum absolute atomic E-state index is 13.1. The minimum absolute atomic E-state index is 0.169. The minimum Gasteiger partial charge on any atom is -0.461 e. The van der Waals surface area contributed by atoms with Gasteiger partial charge in [0.25, 0.3) is 0 Å². The van der Waals surface area contributed by atoms with E-state index in [1.807, 2.05) is 0 Å². The van der Waals surface area contributed by atoms with E-state index < -0.39 is 21.7 Å². The van der Waals surface area contributed by atoms with Crippen molar-refractivity contribution in [1.82, 2.24) is 4.98 Å². The number of rotatable bonds is 8. The Kier molecular flexibility index (Phi) is 7.25. The zero-order valence-electron chi connectivity index (χ0n) is 17.1. The van der Waals surface area contributed by atoms with Crippen LogP contribution in [0, 0.1) is 5.92 Å². The van der Waals surface area contributed by atoms with Crippen LogP contribution in [0.4, 0.5) is 5.13 Å². The molecule has 0 spiro atoms. The molecule has 1 aromatic carbocycles. The van der Waals surface area contributed by atoms with E-state index in [4.69, 9.17) is 4.74 Å². The van der Waals surface area contributed by atoms with Gasteiger partial charge in [0.2, 0.25) is 5.91 Å². The van der Waals surface area contributed by atoms with Gasteiger partial charge in [-0.2, -0.15) is 0 Å². The molecule has 0 aliphatic heterocycles. The summed E-state index contributed by atoms with van der Waals surface area (Å²) in [5.41, 5.74) is 0.941. The molecule has 9 heteroatoms. The molecule has 0 bridgehead atoms. The molecule has 1 aromatic heterocycles. The molecule has 162 valence electrons. The van der Waals surface area contributed by atoms with Gasteiger partial charge in [-0.25, -0.2) is 18.2 Å². The first-order chi connectivity index (χ1) is 14.3. The van der Waals surface area contributed by atoms with Gasteiger partial charge in [0.15, 0.2) is 20.7 Å². The molecule has 1 amide bonds. The number of nitrogens with zero attached hydrogens (tertiary/aromatic N) is 1. The molecule has 1 aliphatic rings. The van der Waals surface area contributed by atoms with Crippen molar-refractivity contribution in [3.8, 4) is 0 Å². The van der Waals surface area contributed by atoms with Crippen molar-refractivity contribution in [2.24, 2.45) is 5.92 Å². The molecule has 30 heavy (non-hydrogen) atoms. The third-order valence-electron chi connectivity index (χ3n) is 5.29. The Morgan fingerprint density at radius 2 is 1.90 bits per heavy atom. The van der Waals surface area contributed by atoms with Crippen LogP contribution in [0.2, 0.25) is 0 Å². The van der Waals surface area contributed by atoms with Crippen molar-refractivity contribution in [3.63, 3.8) is 0 Å². The zero-order chi connectivity index (χ0) is 21.7. The average Bonchev–Trinajstić information content (AvgIpc) is 3.37. The number of hydrogen-bond acceptors (Lipinski definition) is 7. The van der Waals surface area contributed by atoms with Crippen molar-refractivity contribution >= 4 is 38.2 Å². The van der Waals surface area contributed by atoms with E-state index in [1.165, 1.54) is 24.2 Å². The van der Waals surface area contributed by atoms with Gasteiger partial charge in [-0.05, 0) is 37.0 Å². The van der Waals surface area contributed by atoms with Gasteiger partial charge in [-0.3, -0.25) is 4.79 Å². The summed E-state index contributed by atoms with van der Waals surface area (Å²) >= 11 is 1.17. The highest BCUT2D eigenvalue weighted by Crippen LogP contribution is 2.35. The fourth-order valence-electron chi connectivity index (χ4n) is 3.74. The van der Waals surface area contributed by atoms with Gasteiger partial charge in [-0.1, -0.05) is 37.8 Å². The summed E-state index contributed by atoms with van der Waals surface area (Å²) in [6, 6.07) is 6.51. The number of sulfone groups is 1. The van der Waals surface area contributed by atoms with Crippen LogP contribution in [-0.2, 0) is 19.4 Å². The lowest BCUT2D eigenvalue weighted by Gasteiger charge is -2.20. The van der Waals surface area contributed by atoms with Crippen LogP contribution in [0.3, 0.4) is 0 Å². The van der Waals surface area contributed by atoms with Gasteiger partial charge in [0, 0.05) is 11.6 Å². The Bertz CT molecular complexity index is 993. The summed E-state index contributed by atoms with van der Waals surface area (Å²) in [5.74, 6) is -0.690. The monoisotopic (exact) mass is 450 g/mol. The first-order valence-corrected chi connectivity index (χ1v) is 12.8. The van der Waals surface area contributed by atoms with Crippen molar-refractivity contribution in [2.75, 3.05) is 18.2 Å². The van der Waals surface area contributed by atoms with Gasteiger partial charge >= 0.3 is 5.97 Å². The highest BCUT2D eigenvalue weighted by molar-refractivity contribution is 7.90. The molecule has 1 atom stereocenters. The van der Waals surface area contributed by atoms with Crippen LogP contribution in [0.1, 0.15) is 61.0 Å². The van der Waals surface area contributed by atoms with Crippen LogP contribution in [0.25, 0.3) is 0 Å². The Labute approximate surface area is 180 Å². The van der Waals surface area contributed by atoms with E-state index in [-0.39, 0.29) is 23.1 Å². The lowest BCUT2D eigenvalue weighted by molar-refractivity contribution is -0.118. The number of carbonyl (C=O) groups is 2. The first kappa shape index (κ1) is 22.4. The molecule has 1 fully saturated rings. The standard InChI is InChI=1S/C21H26N2O5S2/c1-3-28-20(25)18-13-29-21(22-18)23-19(24)17(12-14-6-4-5-7-14)15-8-10-16(11-9-15)30(2,26)27/h8-11,13-14,17H,3-7,12H2,1-2H3,(H,22,23,24). The number of thiazole rings is 1. The predicted octanol–water partition coefficient (Wildman–Crippen LogP) is 4.03. The maximum atomic E-state index is 13.1. The fraction of sp³-hybridized carbons (Fsp3) is 0.476. The van der Waals surface area contributed by atoms with Crippen molar-refractivity contribution in [3.05, 3.63) is 40.9 Å². The molecule has 7 nitrogen and oxygen atoms in total. The first-order valence-electron chi connectivity index (χ1n) is 10.0. The maximum Gasteiger partial charge on any atom is 0.357 e. The number of esters is 1. The number of carbonyl (C=O) groups excluding carboxylic acids is 2. The van der Waals surface area contributed by atoms with E-state index in [1.54, 1.807) is 36.6 Å². The molecular formula is C21H26N2O5S2. The highest BCUT2D eigenvalue weighted by Gasteiger charge is 2.28. The topological polar surface area (TPSA) is 102 Å². The number of anilines is 1. The molecule has 1 unspecified atom stereocenters. The number of benzene rings is 1. The summed E-state index contributed by atoms with van der Waals surface area (Å²) in [6.07, 6.45) is 6.38. The van der Waals surface area contributed by atoms with Crippen molar-refractivity contribution in [1.29, 1.82) is 0 Å². The molecule has 0 radical (unpaired) electrons. The van der Waals surface area contributed by atoms with E-state index in [0.717, 1.165) is 24.7 Å². The molecule has 1 saturated carbocycles. The quantitative estimate of drug-likeness (QED) is 0.609. The van der Waals surface area contributed by atoms with Crippen LogP contribution in [0.15, 0.2) is 34.5 Å². The second-order valence-electron chi connectivity index (χ2n) is 7.53. The summed E-state index contributed by atoms with van der Waals surface area (Å²) in [6.45, 7) is 1.97. The normalized spacial score (nSPS) is 15.7. The second kappa shape index (κ2) is 9.70. The molecule has 3 rings (SSSR count). The summed E-state index contributed by atoms with van der Waals surface area (Å²) < 4.78 is 28.4. The van der Waals surface area contributed by atoms with Gasteiger partial charge in [0.05, 0.1) is 17.4 Å². The lowest BCUT2D eigenvalue weighted by Crippen LogP contribution is -2.23. The van der Waals surface area contributed by atoms with Gasteiger partial charge < -0.3 is 10.1 Å². The molecule has 1 heterocycles. The lowest BCUT2D eigenvalue weighted by atomic mass is 9.87. The van der Waals surface area contributed by atoms with Gasteiger partial charge in [0.1, 0.15) is 0 Å². The summed E-state index contributed by atoms with van der Waals surface area (Å²) in [5, 5.41) is 4.72. The highest BCUT2D eigenvalue weighted by atomic mass is 32.2. The van der Waals surface area contributed by atoms with Gasteiger partial charge in [-0.15, -0.1) is 11.3 Å². The average molecular weight is 451 g/mol. The van der Waals surface area contributed by atoms with E-state index in [9.17, 15) is 18.0 Å². The van der Waals surface area contributed by atoms with Crippen LogP contribution < -0.4 is 5.32 Å². The summed E-state index contributed by atoms with van der Waals surface area (Å²) in [7, 11) is -3.30. The summed E-state index contributed by atoms with van der Waals surface area (Å²) in [4.78, 5) is 29.3. The largest absolute Gasteiger partial charge is 0.461 e. The number of hydrogen-bond donors (Lipinski definition) is 1. The second-order valence-corrected chi connectivity index (χ2v) is 10.4. The van der Waals surface area contributed by atoms with Crippen LogP contribution in [-0.4, -0.2) is 38.1 Å². The smallest absolute Gasteiger partial charge is 0.357 e. The Hall–Kier alpha value is -2.26. The van der Waals surface area contributed by atoms with Crippen LogP contribution >= 0.6 is 11.3 Å². The molecular weight excluding hydrogens is 424 g/mol. The number of amides is 1. The third kappa shape index (κ3) is 5.66. The fourth-order valence-corrected chi connectivity index (χ4v) is 5.06. The molecule has 2 aromatic rings. The van der Waals surface area contributed by atoms with E-state index in [2.05, 4.69) is 10.3 Å². The minimum atomic E-state index is -3.30. The van der Waals surface area contributed by atoms with E-state index in [0.29, 0.717) is 17.5 Å². The van der Waals surface area contributed by atoms with E-state index >= 15 is 0 Å². The Morgan fingerprint density at radius 3 is 2.50 bits per heavy atom. The number of nitrogens with one attached hydrogen (secondary N) is 1. The number of ether oxygens (including phenoxy) is 1.